The summed E-state index contributed by atoms with van der Waals surface area (Å²) in [6.45, 7) is 4.65. The van der Waals surface area contributed by atoms with Gasteiger partial charge in [-0.25, -0.2) is 0 Å². The van der Waals surface area contributed by atoms with E-state index < -0.39 is 0 Å². The molecule has 1 N–H and O–H groups in total. The molecular weight excluding hydrogens is 170 g/mol. The zero-order valence-electron chi connectivity index (χ0n) is 8.77. The molecule has 1 aromatic rings. The second kappa shape index (κ2) is 2.83. The van der Waals surface area contributed by atoms with Crippen LogP contribution in [0.3, 0.4) is 0 Å². The molecule has 1 spiro atoms. The van der Waals surface area contributed by atoms with Crippen LogP contribution in [0.25, 0.3) is 0 Å². The molecule has 1 fully saturated rings. The van der Waals surface area contributed by atoms with Gasteiger partial charge < -0.3 is 5.32 Å². The fourth-order valence-corrected chi connectivity index (χ4v) is 3.22. The Morgan fingerprint density at radius 2 is 2.21 bits per heavy atom. The molecule has 1 saturated heterocycles. The van der Waals surface area contributed by atoms with Crippen LogP contribution >= 0.6 is 0 Å². The minimum atomic E-state index is 0.501. The number of aryl methyl sites for hydroxylation is 1. The first-order valence-corrected chi connectivity index (χ1v) is 5.62. The van der Waals surface area contributed by atoms with Crippen LogP contribution < -0.4 is 5.32 Å². The first-order valence-electron chi connectivity index (χ1n) is 5.62. The largest absolute Gasteiger partial charge is 0.316 e. The van der Waals surface area contributed by atoms with Crippen molar-refractivity contribution in [3.05, 3.63) is 34.9 Å². The number of benzene rings is 1. The molecule has 0 saturated carbocycles. The minimum Gasteiger partial charge on any atom is -0.316 e. The third-order valence-corrected chi connectivity index (χ3v) is 4.08. The van der Waals surface area contributed by atoms with E-state index in [9.17, 15) is 0 Å². The predicted octanol–water partition coefficient (Wildman–Crippen LogP) is 2.17. The van der Waals surface area contributed by atoms with E-state index in [2.05, 4.69) is 30.4 Å². The van der Waals surface area contributed by atoms with E-state index in [-0.39, 0.29) is 0 Å². The van der Waals surface area contributed by atoms with Crippen LogP contribution in [0.5, 0.6) is 0 Å². The van der Waals surface area contributed by atoms with E-state index in [1.807, 2.05) is 0 Å². The molecule has 1 nitrogen and oxygen atoms in total. The molecule has 3 rings (SSSR count). The van der Waals surface area contributed by atoms with Gasteiger partial charge in [0.15, 0.2) is 0 Å². The van der Waals surface area contributed by atoms with Crippen molar-refractivity contribution in [3.63, 3.8) is 0 Å². The second-order valence-electron chi connectivity index (χ2n) is 4.81. The topological polar surface area (TPSA) is 12.0 Å². The fourth-order valence-electron chi connectivity index (χ4n) is 3.22. The molecule has 1 aliphatic heterocycles. The highest BCUT2D eigenvalue weighted by Crippen LogP contribution is 2.43. The summed E-state index contributed by atoms with van der Waals surface area (Å²) in [7, 11) is 0. The van der Waals surface area contributed by atoms with Crippen molar-refractivity contribution in [2.45, 2.75) is 31.6 Å². The fraction of sp³-hybridized carbons (Fsp3) is 0.538. The van der Waals surface area contributed by atoms with Crippen molar-refractivity contribution in [2.24, 2.45) is 0 Å². The predicted molar refractivity (Wildman–Crippen MR) is 58.7 cm³/mol. The van der Waals surface area contributed by atoms with Crippen molar-refractivity contribution in [3.8, 4) is 0 Å². The standard InChI is InChI=1S/C13H17N/c1-10-3-2-4-12-11(10)5-6-13(12)7-8-14-9-13/h2-4,14H,5-9H2,1H3. The first kappa shape index (κ1) is 8.49. The Morgan fingerprint density at radius 1 is 1.29 bits per heavy atom. The molecule has 1 aromatic carbocycles. The van der Waals surface area contributed by atoms with Crippen molar-refractivity contribution in [1.82, 2.24) is 5.32 Å². The summed E-state index contributed by atoms with van der Waals surface area (Å²) in [6.07, 6.45) is 3.99. The molecule has 1 atom stereocenters. The van der Waals surface area contributed by atoms with Gasteiger partial charge in [-0.1, -0.05) is 18.2 Å². The van der Waals surface area contributed by atoms with E-state index in [1.54, 1.807) is 11.1 Å². The monoisotopic (exact) mass is 187 g/mol. The van der Waals surface area contributed by atoms with E-state index in [4.69, 9.17) is 0 Å². The van der Waals surface area contributed by atoms with Gasteiger partial charge >= 0.3 is 0 Å². The van der Waals surface area contributed by atoms with Crippen molar-refractivity contribution in [2.75, 3.05) is 13.1 Å². The normalized spacial score (nSPS) is 29.8. The van der Waals surface area contributed by atoms with Gasteiger partial charge in [-0.3, -0.25) is 0 Å². The third-order valence-electron chi connectivity index (χ3n) is 4.08. The summed E-state index contributed by atoms with van der Waals surface area (Å²) < 4.78 is 0. The summed E-state index contributed by atoms with van der Waals surface area (Å²) in [5.74, 6) is 0. The highest BCUT2D eigenvalue weighted by molar-refractivity contribution is 5.45. The van der Waals surface area contributed by atoms with E-state index >= 15 is 0 Å². The van der Waals surface area contributed by atoms with E-state index in [0.717, 1.165) is 0 Å². The Bertz CT molecular complexity index is 361. The Kier molecular flexibility index (Phi) is 1.72. The van der Waals surface area contributed by atoms with Crippen molar-refractivity contribution in [1.29, 1.82) is 0 Å². The smallest absolute Gasteiger partial charge is 0.00958 e. The zero-order chi connectivity index (χ0) is 9.60. The lowest BCUT2D eigenvalue weighted by atomic mass is 9.81. The van der Waals surface area contributed by atoms with E-state index in [1.165, 1.54) is 37.9 Å². The van der Waals surface area contributed by atoms with Crippen LogP contribution in [-0.2, 0) is 11.8 Å². The van der Waals surface area contributed by atoms with Crippen LogP contribution in [0, 0.1) is 6.92 Å². The van der Waals surface area contributed by atoms with Gasteiger partial charge in [-0.05, 0) is 49.4 Å². The van der Waals surface area contributed by atoms with Crippen molar-refractivity contribution < 1.29 is 0 Å². The molecule has 0 aromatic heterocycles. The second-order valence-corrected chi connectivity index (χ2v) is 4.81. The number of hydrogen-bond acceptors (Lipinski definition) is 1. The van der Waals surface area contributed by atoms with Crippen LogP contribution in [0.15, 0.2) is 18.2 Å². The molecule has 2 aliphatic rings. The Hall–Kier alpha value is -0.820. The summed E-state index contributed by atoms with van der Waals surface area (Å²) in [5.41, 5.74) is 5.27. The summed E-state index contributed by atoms with van der Waals surface area (Å²) in [4.78, 5) is 0. The molecular formula is C13H17N. The van der Waals surface area contributed by atoms with Gasteiger partial charge in [0.1, 0.15) is 0 Å². The van der Waals surface area contributed by atoms with E-state index in [0.29, 0.717) is 5.41 Å². The molecule has 1 heteroatoms. The maximum atomic E-state index is 3.52. The number of rotatable bonds is 0. The minimum absolute atomic E-state index is 0.501. The average molecular weight is 187 g/mol. The molecule has 74 valence electrons. The third kappa shape index (κ3) is 0.992. The number of nitrogens with one attached hydrogen (secondary N) is 1. The molecule has 1 unspecified atom stereocenters. The van der Waals surface area contributed by atoms with Gasteiger partial charge in [0, 0.05) is 12.0 Å². The first-order chi connectivity index (χ1) is 6.82. The maximum Gasteiger partial charge on any atom is 0.00958 e. The quantitative estimate of drug-likeness (QED) is 0.656. The maximum absolute atomic E-state index is 3.52. The molecule has 14 heavy (non-hydrogen) atoms. The lowest BCUT2D eigenvalue weighted by Gasteiger charge is -2.23. The zero-order valence-corrected chi connectivity index (χ0v) is 8.77. The van der Waals surface area contributed by atoms with Crippen LogP contribution in [0.4, 0.5) is 0 Å². The van der Waals surface area contributed by atoms with Gasteiger partial charge in [-0.2, -0.15) is 0 Å². The number of hydrogen-bond donors (Lipinski definition) is 1. The SMILES string of the molecule is Cc1cccc2c1CCC21CCNC1. The summed E-state index contributed by atoms with van der Waals surface area (Å²) in [5, 5.41) is 3.52. The van der Waals surface area contributed by atoms with Crippen molar-refractivity contribution >= 4 is 0 Å². The highest BCUT2D eigenvalue weighted by Gasteiger charge is 2.40. The van der Waals surface area contributed by atoms with Crippen LogP contribution in [-0.4, -0.2) is 13.1 Å². The molecule has 0 radical (unpaired) electrons. The lowest BCUT2D eigenvalue weighted by molar-refractivity contribution is 0.468. The van der Waals surface area contributed by atoms with Gasteiger partial charge in [0.25, 0.3) is 0 Å². The lowest BCUT2D eigenvalue weighted by Crippen LogP contribution is -2.25. The Labute approximate surface area is 85.5 Å². The van der Waals surface area contributed by atoms with Crippen LogP contribution in [0.1, 0.15) is 29.5 Å². The molecule has 0 amide bonds. The Balaban J connectivity index is 2.14. The molecule has 1 heterocycles. The van der Waals surface area contributed by atoms with Crippen LogP contribution in [0.2, 0.25) is 0 Å². The summed E-state index contributed by atoms with van der Waals surface area (Å²) >= 11 is 0. The highest BCUT2D eigenvalue weighted by atomic mass is 14.9. The molecule has 1 aliphatic carbocycles. The van der Waals surface area contributed by atoms with Gasteiger partial charge in [0.2, 0.25) is 0 Å². The average Bonchev–Trinajstić information content (AvgIpc) is 2.78. The summed E-state index contributed by atoms with van der Waals surface area (Å²) in [6, 6.07) is 6.82. The number of fused-ring (bicyclic) bond motifs is 2. The van der Waals surface area contributed by atoms with Gasteiger partial charge in [0.05, 0.1) is 0 Å². The van der Waals surface area contributed by atoms with Gasteiger partial charge in [-0.15, -0.1) is 0 Å². The molecule has 0 bridgehead atoms. The Morgan fingerprint density at radius 3 is 3.00 bits per heavy atom.